The van der Waals surface area contributed by atoms with Gasteiger partial charge in [-0.25, -0.2) is 0 Å². The minimum Gasteiger partial charge on any atom is -0.394 e. The maximum absolute atomic E-state index is 6.31. The van der Waals surface area contributed by atoms with Crippen molar-refractivity contribution in [2.45, 2.75) is 77.3 Å². The molecule has 1 aliphatic rings. The fourth-order valence-corrected chi connectivity index (χ4v) is 8.66. The van der Waals surface area contributed by atoms with Gasteiger partial charge in [-0.15, -0.1) is 0 Å². The third kappa shape index (κ3) is 3.56. The zero-order valence-corrected chi connectivity index (χ0v) is 13.9. The lowest BCUT2D eigenvalue weighted by atomic mass is 10.4. The van der Waals surface area contributed by atoms with Crippen LogP contribution in [-0.4, -0.2) is 28.0 Å². The van der Waals surface area contributed by atoms with E-state index in [1.54, 1.807) is 0 Å². The first kappa shape index (κ1) is 16.2. The Bertz CT molecular complexity index is 213. The van der Waals surface area contributed by atoms with E-state index in [1.807, 2.05) is 0 Å². The highest BCUT2D eigenvalue weighted by Crippen LogP contribution is 2.42. The highest BCUT2D eigenvalue weighted by Gasteiger charge is 2.45. The van der Waals surface area contributed by atoms with Gasteiger partial charge in [-0.2, -0.15) is 0 Å². The van der Waals surface area contributed by atoms with E-state index in [-0.39, 0.29) is 6.29 Å². The van der Waals surface area contributed by atoms with Gasteiger partial charge in [0, 0.05) is 13.0 Å². The van der Waals surface area contributed by atoms with Gasteiger partial charge in [0.05, 0.1) is 0 Å². The predicted molar refractivity (Wildman–Crippen MR) is 77.1 cm³/mol. The molecule has 0 aliphatic carbocycles. The summed E-state index contributed by atoms with van der Waals surface area (Å²) in [7, 11) is -1.78. The van der Waals surface area contributed by atoms with Gasteiger partial charge in [-0.1, -0.05) is 41.5 Å². The molecule has 3 nitrogen and oxygen atoms in total. The second-order valence-electron chi connectivity index (χ2n) is 6.19. The van der Waals surface area contributed by atoms with Gasteiger partial charge in [0.25, 0.3) is 0 Å². The van der Waals surface area contributed by atoms with Crippen molar-refractivity contribution in [2.75, 3.05) is 13.4 Å². The summed E-state index contributed by atoms with van der Waals surface area (Å²) in [6, 6.07) is 0. The molecule has 1 rings (SSSR count). The number of hydrogen-bond donors (Lipinski definition) is 0. The Balaban J connectivity index is 2.54. The predicted octanol–water partition coefficient (Wildman–Crippen LogP) is 4.29. The summed E-state index contributed by atoms with van der Waals surface area (Å²) in [6.07, 6.45) is 2.07. The van der Waals surface area contributed by atoms with Crippen LogP contribution in [0.3, 0.4) is 0 Å². The summed E-state index contributed by atoms with van der Waals surface area (Å²) < 4.78 is 17.5. The van der Waals surface area contributed by atoms with Crippen LogP contribution in [0.25, 0.3) is 0 Å². The van der Waals surface area contributed by atoms with Gasteiger partial charge < -0.3 is 13.9 Å². The lowest BCUT2D eigenvalue weighted by molar-refractivity contribution is -0.153. The van der Waals surface area contributed by atoms with Crippen LogP contribution >= 0.6 is 0 Å². The van der Waals surface area contributed by atoms with Gasteiger partial charge in [0.15, 0.2) is 6.29 Å². The fraction of sp³-hybridized carbons (Fsp3) is 1.00. The van der Waals surface area contributed by atoms with Crippen LogP contribution in [0, 0.1) is 0 Å². The molecule has 0 spiro atoms. The van der Waals surface area contributed by atoms with Gasteiger partial charge in [-0.05, 0) is 23.0 Å². The smallest absolute Gasteiger partial charge is 0.203 e. The van der Waals surface area contributed by atoms with Crippen molar-refractivity contribution in [3.63, 3.8) is 0 Å². The Kier molecular flexibility index (Phi) is 6.31. The molecule has 0 bridgehead atoms. The molecule has 0 aromatic heterocycles. The molecule has 1 fully saturated rings. The molecule has 0 radical (unpaired) electrons. The summed E-state index contributed by atoms with van der Waals surface area (Å²) >= 11 is 0. The number of hydrogen-bond acceptors (Lipinski definition) is 3. The quantitative estimate of drug-likeness (QED) is 0.512. The molecule has 1 unspecified atom stereocenters. The van der Waals surface area contributed by atoms with Crippen molar-refractivity contribution >= 4 is 8.32 Å². The second kappa shape index (κ2) is 7.03. The molecule has 4 heteroatoms. The standard InChI is InChI=1S/C14H30O3Si/c1-11(2)18(12(3)4,13(5)6)17-10-16-14-8-7-9-15-14/h11-14H,7-10H2,1-6H3. The van der Waals surface area contributed by atoms with E-state index in [0.29, 0.717) is 23.4 Å². The maximum atomic E-state index is 6.31. The molecule has 1 aliphatic heterocycles. The first-order chi connectivity index (χ1) is 8.41. The van der Waals surface area contributed by atoms with E-state index in [9.17, 15) is 0 Å². The van der Waals surface area contributed by atoms with E-state index in [1.165, 1.54) is 0 Å². The highest BCUT2D eigenvalue weighted by molar-refractivity contribution is 6.77. The van der Waals surface area contributed by atoms with Crippen molar-refractivity contribution in [3.8, 4) is 0 Å². The zero-order valence-electron chi connectivity index (χ0n) is 12.9. The van der Waals surface area contributed by atoms with Gasteiger partial charge in [0.2, 0.25) is 8.32 Å². The molecule has 18 heavy (non-hydrogen) atoms. The van der Waals surface area contributed by atoms with E-state index >= 15 is 0 Å². The van der Waals surface area contributed by atoms with Gasteiger partial charge in [-0.3, -0.25) is 0 Å². The van der Waals surface area contributed by atoms with E-state index in [4.69, 9.17) is 13.9 Å². The molecule has 0 amide bonds. The van der Waals surface area contributed by atoms with E-state index in [2.05, 4.69) is 41.5 Å². The highest BCUT2D eigenvalue weighted by atomic mass is 28.4. The van der Waals surface area contributed by atoms with Crippen LogP contribution < -0.4 is 0 Å². The summed E-state index contributed by atoms with van der Waals surface area (Å²) in [4.78, 5) is 0. The first-order valence-electron chi connectivity index (χ1n) is 7.28. The van der Waals surface area contributed by atoms with E-state index < -0.39 is 8.32 Å². The molecule has 0 aromatic carbocycles. The normalized spacial score (nSPS) is 21.5. The molecule has 1 heterocycles. The molecule has 0 aromatic rings. The van der Waals surface area contributed by atoms with Gasteiger partial charge >= 0.3 is 0 Å². The fourth-order valence-electron chi connectivity index (χ4n) is 3.39. The van der Waals surface area contributed by atoms with Crippen molar-refractivity contribution in [1.29, 1.82) is 0 Å². The molecule has 1 atom stereocenters. The molecule has 108 valence electrons. The van der Waals surface area contributed by atoms with Crippen molar-refractivity contribution < 1.29 is 13.9 Å². The maximum Gasteiger partial charge on any atom is 0.203 e. The Labute approximate surface area is 113 Å². The van der Waals surface area contributed by atoms with Crippen LogP contribution in [0.1, 0.15) is 54.4 Å². The number of ether oxygens (including phenoxy) is 2. The lowest BCUT2D eigenvalue weighted by Gasteiger charge is -2.42. The summed E-state index contributed by atoms with van der Waals surface area (Å²) in [5.74, 6) is 0. The zero-order chi connectivity index (χ0) is 13.8. The summed E-state index contributed by atoms with van der Waals surface area (Å²) in [5.41, 5.74) is 1.81. The van der Waals surface area contributed by atoms with Crippen molar-refractivity contribution in [3.05, 3.63) is 0 Å². The molecular formula is C14H30O3Si. The summed E-state index contributed by atoms with van der Waals surface area (Å²) in [5, 5.41) is 0. The molecule has 0 saturated carbocycles. The average molecular weight is 274 g/mol. The lowest BCUT2D eigenvalue weighted by Crippen LogP contribution is -2.48. The Morgan fingerprint density at radius 3 is 2.00 bits per heavy atom. The number of rotatable bonds is 7. The monoisotopic (exact) mass is 274 g/mol. The minimum absolute atomic E-state index is 0.0387. The minimum atomic E-state index is -1.78. The van der Waals surface area contributed by atoms with Crippen molar-refractivity contribution in [2.24, 2.45) is 0 Å². The Morgan fingerprint density at radius 1 is 1.06 bits per heavy atom. The van der Waals surface area contributed by atoms with Crippen LogP contribution in [0.4, 0.5) is 0 Å². The third-order valence-corrected chi connectivity index (χ3v) is 10.2. The van der Waals surface area contributed by atoms with E-state index in [0.717, 1.165) is 19.4 Å². The van der Waals surface area contributed by atoms with Crippen molar-refractivity contribution in [1.82, 2.24) is 0 Å². The van der Waals surface area contributed by atoms with Gasteiger partial charge in [0.1, 0.15) is 6.79 Å². The molecular weight excluding hydrogens is 244 g/mol. The SMILES string of the molecule is CC(C)[Si](OCOC1CCCO1)(C(C)C)C(C)C. The van der Waals surface area contributed by atoms with Crippen LogP contribution in [0.2, 0.25) is 16.6 Å². The molecule has 1 saturated heterocycles. The third-order valence-electron chi connectivity index (χ3n) is 4.16. The Hall–Kier alpha value is 0.0969. The van der Waals surface area contributed by atoms with Crippen LogP contribution in [0.5, 0.6) is 0 Å². The second-order valence-corrected chi connectivity index (χ2v) is 11.6. The van der Waals surface area contributed by atoms with Crippen LogP contribution in [-0.2, 0) is 13.9 Å². The summed E-state index contributed by atoms with van der Waals surface area (Å²) in [6.45, 7) is 15.0. The average Bonchev–Trinajstić information content (AvgIpc) is 2.75. The Morgan fingerprint density at radius 2 is 1.61 bits per heavy atom. The molecule has 0 N–H and O–H groups in total. The largest absolute Gasteiger partial charge is 0.394 e. The topological polar surface area (TPSA) is 27.7 Å². The van der Waals surface area contributed by atoms with Crippen LogP contribution in [0.15, 0.2) is 0 Å². The first-order valence-corrected chi connectivity index (χ1v) is 9.42.